The molecule has 2 saturated carbocycles. The molecule has 3 heterocycles. The van der Waals surface area contributed by atoms with Crippen LogP contribution in [0.25, 0.3) is 34.1 Å². The number of aromatic nitrogens is 4. The summed E-state index contributed by atoms with van der Waals surface area (Å²) in [6, 6.07) is 16.8. The first-order valence-corrected chi connectivity index (χ1v) is 25.4. The zero-order chi connectivity index (χ0) is 33.9. The number of anilines is 1. The first-order valence-electron chi connectivity index (χ1n) is 18.0. The molecular weight excluding hydrogens is 627 g/mol. The molecule has 2 bridgehead atoms. The van der Waals surface area contributed by atoms with Gasteiger partial charge in [0.1, 0.15) is 19.3 Å². The second kappa shape index (κ2) is 14.8. The van der Waals surface area contributed by atoms with Gasteiger partial charge in [0, 0.05) is 63.7 Å². The largest absolute Gasteiger partial charge is 0.361 e. The molecule has 2 aliphatic rings. The van der Waals surface area contributed by atoms with Gasteiger partial charge in [-0.1, -0.05) is 101 Å². The van der Waals surface area contributed by atoms with E-state index in [2.05, 4.69) is 75.0 Å². The number of rotatable bonds is 15. The summed E-state index contributed by atoms with van der Waals surface area (Å²) in [4.78, 5) is 12.6. The number of nitrogens with zero attached hydrogens (tertiary/aromatic N) is 5. The summed E-state index contributed by atoms with van der Waals surface area (Å²) in [7, 11) is -2.48. The minimum absolute atomic E-state index is 0.400. The predicted molar refractivity (Wildman–Crippen MR) is 205 cm³/mol. The van der Waals surface area contributed by atoms with Crippen LogP contribution >= 0.6 is 0 Å². The van der Waals surface area contributed by atoms with Crippen molar-refractivity contribution in [3.05, 3.63) is 72.7 Å². The summed E-state index contributed by atoms with van der Waals surface area (Å²) >= 11 is 0. The van der Waals surface area contributed by atoms with E-state index >= 15 is 0 Å². The molecule has 6 rings (SSSR count). The molecule has 0 aliphatic heterocycles. The number of pyridine rings is 1. The third kappa shape index (κ3) is 8.36. The van der Waals surface area contributed by atoms with Crippen LogP contribution in [0.1, 0.15) is 49.3 Å². The minimum Gasteiger partial charge on any atom is -0.361 e. The van der Waals surface area contributed by atoms with Crippen molar-refractivity contribution in [3.63, 3.8) is 0 Å². The number of benzene rings is 1. The van der Waals surface area contributed by atoms with Gasteiger partial charge in [-0.15, -0.1) is 0 Å². The molecule has 3 atom stereocenters. The lowest BCUT2D eigenvalue weighted by Crippen LogP contribution is -2.34. The zero-order valence-corrected chi connectivity index (χ0v) is 32.0. The van der Waals surface area contributed by atoms with E-state index in [0.29, 0.717) is 19.4 Å². The van der Waals surface area contributed by atoms with E-state index in [9.17, 15) is 0 Å². The Bertz CT molecular complexity index is 1640. The van der Waals surface area contributed by atoms with Crippen molar-refractivity contribution < 1.29 is 9.47 Å². The van der Waals surface area contributed by atoms with Crippen LogP contribution in [0.15, 0.2) is 61.4 Å². The molecule has 2 aliphatic carbocycles. The lowest BCUT2D eigenvalue weighted by molar-refractivity contribution is 0.0942. The monoisotopic (exact) mass is 681 g/mol. The van der Waals surface area contributed by atoms with Crippen LogP contribution < -0.4 is 4.90 Å². The lowest BCUT2D eigenvalue weighted by Gasteiger charge is -2.32. The topological polar surface area (TPSA) is 64.8 Å². The number of fused-ring (bicyclic) bond motifs is 3. The van der Waals surface area contributed by atoms with Crippen molar-refractivity contribution in [1.29, 1.82) is 0 Å². The van der Waals surface area contributed by atoms with E-state index in [4.69, 9.17) is 24.5 Å². The molecule has 0 spiro atoms. The van der Waals surface area contributed by atoms with Gasteiger partial charge < -0.3 is 14.4 Å². The van der Waals surface area contributed by atoms with Gasteiger partial charge in [0.05, 0.1) is 17.6 Å². The summed E-state index contributed by atoms with van der Waals surface area (Å²) < 4.78 is 14.9. The van der Waals surface area contributed by atoms with Gasteiger partial charge in [0.15, 0.2) is 5.65 Å². The molecule has 0 N–H and O–H groups in total. The zero-order valence-electron chi connectivity index (χ0n) is 30.0. The van der Waals surface area contributed by atoms with Gasteiger partial charge in [-0.2, -0.15) is 9.61 Å². The fraction of sp³-hybridized carbons (Fsp3) is 0.513. The first kappa shape index (κ1) is 34.7. The summed E-state index contributed by atoms with van der Waals surface area (Å²) in [5.74, 6) is 2.94. The second-order valence-corrected chi connectivity index (χ2v) is 27.7. The van der Waals surface area contributed by atoms with E-state index in [1.807, 2.05) is 41.2 Å². The van der Waals surface area contributed by atoms with Crippen LogP contribution in [-0.4, -0.2) is 62.4 Å². The Kier molecular flexibility index (Phi) is 10.7. The number of hydrogen-bond donors (Lipinski definition) is 0. The maximum Gasteiger partial charge on any atom is 0.165 e. The maximum atomic E-state index is 6.43. The van der Waals surface area contributed by atoms with E-state index in [1.54, 1.807) is 0 Å². The van der Waals surface area contributed by atoms with Gasteiger partial charge >= 0.3 is 0 Å². The van der Waals surface area contributed by atoms with E-state index in [-0.39, 0.29) is 0 Å². The summed E-state index contributed by atoms with van der Waals surface area (Å²) in [5, 5.41) is 5.01. The Morgan fingerprint density at radius 3 is 2.04 bits per heavy atom. The summed E-state index contributed by atoms with van der Waals surface area (Å²) in [6.07, 6.45) is 12.4. The molecule has 2 fully saturated rings. The fourth-order valence-corrected chi connectivity index (χ4v) is 8.87. The van der Waals surface area contributed by atoms with Crippen LogP contribution in [0.4, 0.5) is 5.82 Å². The molecule has 1 aromatic carbocycles. The molecular formula is C39H55N5O2Si2. The van der Waals surface area contributed by atoms with Gasteiger partial charge in [-0.3, -0.25) is 4.98 Å². The predicted octanol–water partition coefficient (Wildman–Crippen LogP) is 9.83. The molecule has 0 radical (unpaired) electrons. The standard InChI is InChI=1S/C39H55N5O2Si2/c1-8-34-37(33-23-29-14-15-30(22-29)24-33)42-38-35(32-16-17-36(40-25-32)31-12-10-9-11-13-31)26-41-44(38)39(34)43(27-45-18-20-47(2,3)4)28-46-19-21-48(5,6)7/h8-13,16-17,25-26,29-30,33H,1,14-15,18-24,27-28H2,2-7H3/t29-,30+,33?. The van der Waals surface area contributed by atoms with Crippen molar-refractivity contribution in [2.75, 3.05) is 31.6 Å². The molecule has 4 aromatic rings. The van der Waals surface area contributed by atoms with Crippen LogP contribution in [0, 0.1) is 11.8 Å². The molecule has 48 heavy (non-hydrogen) atoms. The number of ether oxygens (including phenoxy) is 2. The Morgan fingerprint density at radius 1 is 0.833 bits per heavy atom. The highest BCUT2D eigenvalue weighted by Gasteiger charge is 2.37. The van der Waals surface area contributed by atoms with Crippen molar-refractivity contribution >= 4 is 33.7 Å². The van der Waals surface area contributed by atoms with E-state index in [0.717, 1.165) is 82.2 Å². The Balaban J connectivity index is 1.42. The van der Waals surface area contributed by atoms with Gasteiger partial charge in [-0.25, -0.2) is 4.98 Å². The molecule has 9 heteroatoms. The van der Waals surface area contributed by atoms with Crippen molar-refractivity contribution in [1.82, 2.24) is 19.6 Å². The quantitative estimate of drug-likeness (QED) is 0.0707. The summed E-state index contributed by atoms with van der Waals surface area (Å²) in [6.45, 7) is 21.1. The maximum absolute atomic E-state index is 6.43. The average Bonchev–Trinajstić information content (AvgIpc) is 3.64. The first-order chi connectivity index (χ1) is 23.0. The average molecular weight is 682 g/mol. The smallest absolute Gasteiger partial charge is 0.165 e. The molecule has 0 saturated heterocycles. The van der Waals surface area contributed by atoms with Crippen LogP contribution in [0.5, 0.6) is 0 Å². The third-order valence-corrected chi connectivity index (χ3v) is 13.5. The van der Waals surface area contributed by atoms with Crippen molar-refractivity contribution in [3.8, 4) is 22.4 Å². The molecule has 0 amide bonds. The van der Waals surface area contributed by atoms with Gasteiger partial charge in [0.2, 0.25) is 0 Å². The highest BCUT2D eigenvalue weighted by molar-refractivity contribution is 6.76. The van der Waals surface area contributed by atoms with E-state index < -0.39 is 16.1 Å². The van der Waals surface area contributed by atoms with Crippen LogP contribution in [0.2, 0.25) is 51.4 Å². The Hall–Kier alpha value is -3.12. The van der Waals surface area contributed by atoms with Gasteiger partial charge in [0.25, 0.3) is 0 Å². The van der Waals surface area contributed by atoms with Crippen molar-refractivity contribution in [2.24, 2.45) is 11.8 Å². The van der Waals surface area contributed by atoms with E-state index in [1.165, 1.54) is 32.1 Å². The SMILES string of the molecule is C=Cc1c(C2C[C@H]3CC[C@@H](C2)C3)nc2c(-c3ccc(-c4ccccc4)nc3)cnn2c1N(COCC[Si](C)(C)C)COCC[Si](C)(C)C. The Morgan fingerprint density at radius 2 is 1.48 bits per heavy atom. The normalized spacial score (nSPS) is 19.6. The highest BCUT2D eigenvalue weighted by Crippen LogP contribution is 2.49. The lowest BCUT2D eigenvalue weighted by atomic mass is 9.78. The minimum atomic E-state index is -1.24. The molecule has 256 valence electrons. The van der Waals surface area contributed by atoms with Crippen LogP contribution in [-0.2, 0) is 9.47 Å². The fourth-order valence-electron chi connectivity index (χ4n) is 7.35. The van der Waals surface area contributed by atoms with Gasteiger partial charge in [-0.05, 0) is 49.3 Å². The summed E-state index contributed by atoms with van der Waals surface area (Å²) in [5.41, 5.74) is 7.11. The third-order valence-electron chi connectivity index (χ3n) is 10.1. The number of hydrogen-bond acceptors (Lipinski definition) is 6. The molecule has 7 nitrogen and oxygen atoms in total. The highest BCUT2D eigenvalue weighted by atomic mass is 28.3. The van der Waals surface area contributed by atoms with Crippen LogP contribution in [0.3, 0.4) is 0 Å². The Labute approximate surface area is 289 Å². The molecule has 1 unspecified atom stereocenters. The second-order valence-electron chi connectivity index (χ2n) is 16.5. The van der Waals surface area contributed by atoms with Crippen molar-refractivity contribution in [2.45, 2.75) is 89.4 Å². The molecule has 3 aromatic heterocycles.